The number of carbonyl (C=O) groups excluding carboxylic acids is 1. The first-order valence-electron chi connectivity index (χ1n) is 6.60. The van der Waals surface area contributed by atoms with Crippen LogP contribution < -0.4 is 11.1 Å². The van der Waals surface area contributed by atoms with E-state index in [9.17, 15) is 9.00 Å². The van der Waals surface area contributed by atoms with Crippen LogP contribution in [0.3, 0.4) is 0 Å². The van der Waals surface area contributed by atoms with Crippen LogP contribution >= 0.6 is 0 Å². The Kier molecular flexibility index (Phi) is 6.25. The summed E-state index contributed by atoms with van der Waals surface area (Å²) in [7, 11) is -0.648. The number of primary amides is 1. The third-order valence-corrected chi connectivity index (χ3v) is 4.78. The van der Waals surface area contributed by atoms with E-state index < -0.39 is 16.3 Å². The van der Waals surface area contributed by atoms with Gasteiger partial charge in [0.1, 0.15) is 0 Å². The predicted octanol–water partition coefficient (Wildman–Crippen LogP) is -0.316. The number of hydrogen-bond acceptors (Lipinski definition) is 4. The highest BCUT2D eigenvalue weighted by atomic mass is 32.2. The predicted molar refractivity (Wildman–Crippen MR) is 74.8 cm³/mol. The molecule has 6 heteroatoms. The maximum absolute atomic E-state index is 11.5. The fourth-order valence-corrected chi connectivity index (χ4v) is 3.11. The summed E-state index contributed by atoms with van der Waals surface area (Å²) in [6.45, 7) is 7.27. The molecule has 1 saturated heterocycles. The minimum atomic E-state index is -0.648. The second kappa shape index (κ2) is 7.21. The highest BCUT2D eigenvalue weighted by Gasteiger charge is 2.30. The van der Waals surface area contributed by atoms with E-state index in [0.717, 1.165) is 44.1 Å². The first kappa shape index (κ1) is 15.6. The van der Waals surface area contributed by atoms with Gasteiger partial charge in [0.25, 0.3) is 0 Å². The van der Waals surface area contributed by atoms with E-state index in [2.05, 4.69) is 17.1 Å². The van der Waals surface area contributed by atoms with Crippen LogP contribution in [0.1, 0.15) is 26.7 Å². The molecule has 1 atom stereocenters. The summed E-state index contributed by atoms with van der Waals surface area (Å²) in [6, 6.07) is 0. The maximum Gasteiger partial charge on any atom is 0.237 e. The molecule has 1 aliphatic heterocycles. The average Bonchev–Trinajstić information content (AvgIpc) is 2.35. The van der Waals surface area contributed by atoms with Crippen LogP contribution in [-0.4, -0.2) is 58.2 Å². The van der Waals surface area contributed by atoms with Crippen molar-refractivity contribution in [3.05, 3.63) is 0 Å². The standard InChI is InChI=1S/C12H25N3O2S/c1-3-5-14-12(2,11(13)16)4-6-15-7-9-18(17)10-8-15/h14H,3-10H2,1-2H3,(H2,13,16). The molecule has 1 aliphatic rings. The van der Waals surface area contributed by atoms with Crippen molar-refractivity contribution in [1.29, 1.82) is 0 Å². The van der Waals surface area contributed by atoms with Crippen LogP contribution in [0.15, 0.2) is 0 Å². The SMILES string of the molecule is CCCNC(C)(CCN1CCS(=O)CC1)C(N)=O. The number of carbonyl (C=O) groups is 1. The van der Waals surface area contributed by atoms with Gasteiger partial charge in [-0.1, -0.05) is 6.92 Å². The van der Waals surface area contributed by atoms with Gasteiger partial charge < -0.3 is 16.0 Å². The van der Waals surface area contributed by atoms with Gasteiger partial charge in [-0.15, -0.1) is 0 Å². The summed E-state index contributed by atoms with van der Waals surface area (Å²) in [6.07, 6.45) is 1.68. The summed E-state index contributed by atoms with van der Waals surface area (Å²) in [5.41, 5.74) is 4.85. The van der Waals surface area contributed by atoms with Gasteiger partial charge in [0.2, 0.25) is 5.91 Å². The molecule has 0 bridgehead atoms. The van der Waals surface area contributed by atoms with E-state index in [1.807, 2.05) is 6.92 Å². The Morgan fingerprint density at radius 3 is 2.56 bits per heavy atom. The maximum atomic E-state index is 11.5. The van der Waals surface area contributed by atoms with Gasteiger partial charge in [0.05, 0.1) is 5.54 Å². The zero-order valence-corrected chi connectivity index (χ0v) is 12.2. The first-order chi connectivity index (χ1) is 8.48. The van der Waals surface area contributed by atoms with E-state index in [1.165, 1.54) is 0 Å². The average molecular weight is 275 g/mol. The lowest BCUT2D eigenvalue weighted by molar-refractivity contribution is -0.124. The Bertz CT molecular complexity index is 302. The van der Waals surface area contributed by atoms with Crippen LogP contribution in [0.5, 0.6) is 0 Å². The van der Waals surface area contributed by atoms with Crippen LogP contribution in [-0.2, 0) is 15.6 Å². The first-order valence-corrected chi connectivity index (χ1v) is 8.09. The van der Waals surface area contributed by atoms with Crippen molar-refractivity contribution < 1.29 is 9.00 Å². The quantitative estimate of drug-likeness (QED) is 0.668. The number of amides is 1. The molecule has 1 unspecified atom stereocenters. The second-order valence-corrected chi connectivity index (χ2v) is 6.76. The Morgan fingerprint density at radius 1 is 1.44 bits per heavy atom. The minimum Gasteiger partial charge on any atom is -0.368 e. The molecule has 0 spiro atoms. The molecule has 1 amide bonds. The van der Waals surface area contributed by atoms with Crippen LogP contribution in [0.4, 0.5) is 0 Å². The van der Waals surface area contributed by atoms with Gasteiger partial charge in [-0.3, -0.25) is 9.00 Å². The van der Waals surface area contributed by atoms with Gasteiger partial charge in [0.15, 0.2) is 0 Å². The van der Waals surface area contributed by atoms with Gasteiger partial charge >= 0.3 is 0 Å². The third kappa shape index (κ3) is 4.66. The fourth-order valence-electron chi connectivity index (χ4n) is 1.98. The van der Waals surface area contributed by atoms with Gasteiger partial charge in [-0.25, -0.2) is 0 Å². The lowest BCUT2D eigenvalue weighted by atomic mass is 9.96. The largest absolute Gasteiger partial charge is 0.368 e. The smallest absolute Gasteiger partial charge is 0.237 e. The van der Waals surface area contributed by atoms with Gasteiger partial charge in [-0.2, -0.15) is 0 Å². The highest BCUT2D eigenvalue weighted by Crippen LogP contribution is 2.11. The van der Waals surface area contributed by atoms with E-state index in [1.54, 1.807) is 0 Å². The molecule has 1 fully saturated rings. The van der Waals surface area contributed by atoms with Gasteiger partial charge in [0, 0.05) is 41.9 Å². The molecule has 5 nitrogen and oxygen atoms in total. The molecule has 0 aromatic rings. The molecular formula is C12H25N3O2S. The second-order valence-electron chi connectivity index (χ2n) is 5.06. The lowest BCUT2D eigenvalue weighted by Gasteiger charge is -2.32. The van der Waals surface area contributed by atoms with E-state index in [0.29, 0.717) is 6.42 Å². The van der Waals surface area contributed by atoms with Crippen LogP contribution in [0.25, 0.3) is 0 Å². The van der Waals surface area contributed by atoms with Crippen molar-refractivity contribution in [2.45, 2.75) is 32.2 Å². The van der Waals surface area contributed by atoms with Crippen LogP contribution in [0.2, 0.25) is 0 Å². The number of nitrogens with zero attached hydrogens (tertiary/aromatic N) is 1. The Balaban J connectivity index is 2.42. The van der Waals surface area contributed by atoms with E-state index in [4.69, 9.17) is 5.73 Å². The molecule has 0 radical (unpaired) electrons. The zero-order valence-electron chi connectivity index (χ0n) is 11.4. The normalized spacial score (nSPS) is 21.7. The van der Waals surface area contributed by atoms with E-state index in [-0.39, 0.29) is 5.91 Å². The van der Waals surface area contributed by atoms with E-state index >= 15 is 0 Å². The van der Waals surface area contributed by atoms with Crippen molar-refractivity contribution in [2.24, 2.45) is 5.73 Å². The topological polar surface area (TPSA) is 75.4 Å². The molecular weight excluding hydrogens is 250 g/mol. The summed E-state index contributed by atoms with van der Waals surface area (Å²) < 4.78 is 11.3. The monoisotopic (exact) mass is 275 g/mol. The molecule has 18 heavy (non-hydrogen) atoms. The van der Waals surface area contributed by atoms with Crippen molar-refractivity contribution >= 4 is 16.7 Å². The van der Waals surface area contributed by atoms with Crippen LogP contribution in [0, 0.1) is 0 Å². The number of hydrogen-bond donors (Lipinski definition) is 2. The van der Waals surface area contributed by atoms with Crippen molar-refractivity contribution in [3.63, 3.8) is 0 Å². The molecule has 0 aliphatic carbocycles. The molecule has 0 saturated carbocycles. The Morgan fingerprint density at radius 2 is 2.06 bits per heavy atom. The zero-order chi connectivity index (χ0) is 13.6. The fraction of sp³-hybridized carbons (Fsp3) is 0.917. The number of rotatable bonds is 7. The highest BCUT2D eigenvalue weighted by molar-refractivity contribution is 7.85. The van der Waals surface area contributed by atoms with Crippen molar-refractivity contribution in [2.75, 3.05) is 37.7 Å². The van der Waals surface area contributed by atoms with Crippen molar-refractivity contribution in [3.8, 4) is 0 Å². The molecule has 0 aromatic carbocycles. The summed E-state index contributed by atoms with van der Waals surface area (Å²) >= 11 is 0. The molecule has 1 heterocycles. The number of nitrogens with one attached hydrogen (secondary N) is 1. The lowest BCUT2D eigenvalue weighted by Crippen LogP contribution is -2.55. The molecule has 1 rings (SSSR count). The Hall–Kier alpha value is -0.460. The summed E-state index contributed by atoms with van der Waals surface area (Å²) in [5.74, 6) is 1.20. The molecule has 0 aromatic heterocycles. The van der Waals surface area contributed by atoms with Crippen molar-refractivity contribution in [1.82, 2.24) is 10.2 Å². The summed E-state index contributed by atoms with van der Waals surface area (Å²) in [4.78, 5) is 13.8. The molecule has 3 N–H and O–H groups in total. The minimum absolute atomic E-state index is 0.295. The molecule has 106 valence electrons. The van der Waals surface area contributed by atoms with Gasteiger partial charge in [-0.05, 0) is 26.3 Å². The third-order valence-electron chi connectivity index (χ3n) is 3.51. The number of nitrogens with two attached hydrogens (primary N) is 1. The Labute approximate surface area is 112 Å². The summed E-state index contributed by atoms with van der Waals surface area (Å²) in [5, 5.41) is 3.23.